The van der Waals surface area contributed by atoms with Crippen molar-refractivity contribution < 1.29 is 9.59 Å². The van der Waals surface area contributed by atoms with Crippen LogP contribution in [0.5, 0.6) is 0 Å². The third-order valence-electron chi connectivity index (χ3n) is 5.57. The van der Waals surface area contributed by atoms with Crippen LogP contribution in [-0.2, 0) is 9.59 Å². The monoisotopic (exact) mass is 294 g/mol. The molecule has 0 aromatic rings. The summed E-state index contributed by atoms with van der Waals surface area (Å²) in [7, 11) is 0. The van der Waals surface area contributed by atoms with Gasteiger partial charge in [0, 0.05) is 6.54 Å². The average molecular weight is 294 g/mol. The molecule has 0 atom stereocenters. The fourth-order valence-corrected chi connectivity index (χ4v) is 3.98. The Hall–Kier alpha value is -1.06. The van der Waals surface area contributed by atoms with Crippen LogP contribution >= 0.6 is 0 Å². The van der Waals surface area contributed by atoms with Gasteiger partial charge in [-0.3, -0.25) is 9.59 Å². The van der Waals surface area contributed by atoms with Gasteiger partial charge in [0.15, 0.2) is 0 Å². The Morgan fingerprint density at radius 2 is 1.67 bits per heavy atom. The zero-order valence-corrected chi connectivity index (χ0v) is 13.8. The molecule has 1 spiro atoms. The van der Waals surface area contributed by atoms with E-state index in [4.69, 9.17) is 0 Å². The Morgan fingerprint density at radius 1 is 1.05 bits per heavy atom. The molecular weight excluding hydrogens is 264 g/mol. The standard InChI is InChI=1S/C17H30N2O2/c1-4-7-10-13-19-15(21)16(5-2,6-3)18-14(20)17(19)11-8-9-12-17/h4-13H2,1-3H3,(H,18,20). The lowest BCUT2D eigenvalue weighted by atomic mass is 9.81. The van der Waals surface area contributed by atoms with Crippen molar-refractivity contribution in [3.05, 3.63) is 0 Å². The number of rotatable bonds is 6. The zero-order chi connectivity index (χ0) is 15.5. The number of nitrogens with zero attached hydrogens (tertiary/aromatic N) is 1. The maximum Gasteiger partial charge on any atom is 0.249 e. The summed E-state index contributed by atoms with van der Waals surface area (Å²) in [5.41, 5.74) is -1.21. The first kappa shape index (κ1) is 16.3. The first-order valence-corrected chi connectivity index (χ1v) is 8.71. The van der Waals surface area contributed by atoms with Crippen molar-refractivity contribution in [3.8, 4) is 0 Å². The molecule has 1 aliphatic carbocycles. The Kier molecular flexibility index (Phi) is 4.95. The lowest BCUT2D eigenvalue weighted by Crippen LogP contribution is -2.75. The second-order valence-electron chi connectivity index (χ2n) is 6.65. The molecule has 2 fully saturated rings. The van der Waals surface area contributed by atoms with Crippen molar-refractivity contribution in [2.45, 2.75) is 89.6 Å². The second kappa shape index (κ2) is 6.37. The summed E-state index contributed by atoms with van der Waals surface area (Å²) in [6.45, 7) is 6.90. The molecule has 1 N–H and O–H groups in total. The summed E-state index contributed by atoms with van der Waals surface area (Å²) in [6.07, 6.45) is 8.37. The third kappa shape index (κ3) is 2.58. The molecule has 0 unspecified atom stereocenters. The molecular formula is C17H30N2O2. The van der Waals surface area contributed by atoms with Crippen LogP contribution in [0, 0.1) is 0 Å². The van der Waals surface area contributed by atoms with Crippen LogP contribution < -0.4 is 5.32 Å². The molecule has 1 aliphatic heterocycles. The second-order valence-corrected chi connectivity index (χ2v) is 6.65. The first-order chi connectivity index (χ1) is 10.1. The highest BCUT2D eigenvalue weighted by Crippen LogP contribution is 2.41. The minimum Gasteiger partial charge on any atom is -0.340 e. The predicted octanol–water partition coefficient (Wildman–Crippen LogP) is 3.01. The minimum absolute atomic E-state index is 0.0970. The molecule has 0 bridgehead atoms. The van der Waals surface area contributed by atoms with Crippen LogP contribution in [0.2, 0.25) is 0 Å². The van der Waals surface area contributed by atoms with Gasteiger partial charge in [0.25, 0.3) is 0 Å². The van der Waals surface area contributed by atoms with E-state index in [1.165, 1.54) is 0 Å². The van der Waals surface area contributed by atoms with E-state index in [1.54, 1.807) is 0 Å². The van der Waals surface area contributed by atoms with E-state index in [2.05, 4.69) is 12.2 Å². The van der Waals surface area contributed by atoms with Gasteiger partial charge in [-0.25, -0.2) is 0 Å². The van der Waals surface area contributed by atoms with Crippen LogP contribution in [0.3, 0.4) is 0 Å². The largest absolute Gasteiger partial charge is 0.340 e. The molecule has 4 heteroatoms. The van der Waals surface area contributed by atoms with Crippen LogP contribution in [-0.4, -0.2) is 34.3 Å². The molecule has 0 radical (unpaired) electrons. The average Bonchev–Trinajstić information content (AvgIpc) is 2.98. The zero-order valence-electron chi connectivity index (χ0n) is 13.8. The fourth-order valence-electron chi connectivity index (χ4n) is 3.98. The Morgan fingerprint density at radius 3 is 2.19 bits per heavy atom. The molecule has 2 amide bonds. The molecule has 1 heterocycles. The van der Waals surface area contributed by atoms with E-state index < -0.39 is 11.1 Å². The van der Waals surface area contributed by atoms with Gasteiger partial charge in [-0.05, 0) is 32.1 Å². The van der Waals surface area contributed by atoms with Gasteiger partial charge in [0.2, 0.25) is 11.8 Å². The van der Waals surface area contributed by atoms with Crippen LogP contribution in [0.4, 0.5) is 0 Å². The van der Waals surface area contributed by atoms with Gasteiger partial charge >= 0.3 is 0 Å². The van der Waals surface area contributed by atoms with Crippen molar-refractivity contribution in [2.24, 2.45) is 0 Å². The van der Waals surface area contributed by atoms with E-state index >= 15 is 0 Å². The Balaban J connectivity index is 2.30. The molecule has 1 saturated heterocycles. The molecule has 21 heavy (non-hydrogen) atoms. The highest BCUT2D eigenvalue weighted by Gasteiger charge is 2.57. The van der Waals surface area contributed by atoms with Gasteiger partial charge in [-0.1, -0.05) is 46.5 Å². The highest BCUT2D eigenvalue weighted by molar-refractivity contribution is 6.02. The molecule has 120 valence electrons. The maximum absolute atomic E-state index is 13.1. The van der Waals surface area contributed by atoms with Crippen molar-refractivity contribution >= 4 is 11.8 Å². The van der Waals surface area contributed by atoms with Crippen molar-refractivity contribution in [2.75, 3.05) is 6.54 Å². The quantitative estimate of drug-likeness (QED) is 0.766. The third-order valence-corrected chi connectivity index (χ3v) is 5.57. The number of hydrogen-bond acceptors (Lipinski definition) is 2. The topological polar surface area (TPSA) is 49.4 Å². The van der Waals surface area contributed by atoms with E-state index in [0.717, 1.165) is 51.5 Å². The summed E-state index contributed by atoms with van der Waals surface area (Å²) in [4.78, 5) is 27.9. The number of amides is 2. The maximum atomic E-state index is 13.1. The van der Waals surface area contributed by atoms with Gasteiger partial charge in [-0.15, -0.1) is 0 Å². The van der Waals surface area contributed by atoms with Crippen LogP contribution in [0.1, 0.15) is 78.6 Å². The van der Waals surface area contributed by atoms with Gasteiger partial charge < -0.3 is 10.2 Å². The van der Waals surface area contributed by atoms with E-state index in [1.807, 2.05) is 18.7 Å². The fraction of sp³-hybridized carbons (Fsp3) is 0.882. The number of nitrogens with one attached hydrogen (secondary N) is 1. The molecule has 2 rings (SSSR count). The van der Waals surface area contributed by atoms with Crippen molar-refractivity contribution in [1.82, 2.24) is 10.2 Å². The summed E-state index contributed by atoms with van der Waals surface area (Å²) in [6, 6.07) is 0. The number of carbonyl (C=O) groups is 2. The lowest BCUT2D eigenvalue weighted by molar-refractivity contribution is -0.163. The van der Waals surface area contributed by atoms with E-state index in [-0.39, 0.29) is 11.8 Å². The van der Waals surface area contributed by atoms with Crippen molar-refractivity contribution in [1.29, 1.82) is 0 Å². The molecule has 1 saturated carbocycles. The summed E-state index contributed by atoms with van der Waals surface area (Å²) in [5, 5.41) is 3.10. The lowest BCUT2D eigenvalue weighted by Gasteiger charge is -2.51. The Labute approximate surface area is 128 Å². The van der Waals surface area contributed by atoms with Gasteiger partial charge in [0.1, 0.15) is 11.1 Å². The molecule has 0 aromatic heterocycles. The van der Waals surface area contributed by atoms with Crippen molar-refractivity contribution in [3.63, 3.8) is 0 Å². The predicted molar refractivity (Wildman–Crippen MR) is 83.9 cm³/mol. The number of carbonyl (C=O) groups excluding carboxylic acids is 2. The SMILES string of the molecule is CCCCCN1C(=O)C(CC)(CC)NC(=O)C12CCCC2. The van der Waals surface area contributed by atoms with Gasteiger partial charge in [-0.2, -0.15) is 0 Å². The number of unbranched alkanes of at least 4 members (excludes halogenated alkanes) is 2. The summed E-state index contributed by atoms with van der Waals surface area (Å²) >= 11 is 0. The van der Waals surface area contributed by atoms with Crippen LogP contribution in [0.25, 0.3) is 0 Å². The summed E-state index contributed by atoms with van der Waals surface area (Å²) in [5.74, 6) is 0.255. The first-order valence-electron chi connectivity index (χ1n) is 8.71. The molecule has 4 nitrogen and oxygen atoms in total. The molecule has 2 aliphatic rings. The smallest absolute Gasteiger partial charge is 0.249 e. The van der Waals surface area contributed by atoms with Crippen LogP contribution in [0.15, 0.2) is 0 Å². The number of piperazine rings is 1. The number of hydrogen-bond donors (Lipinski definition) is 1. The highest BCUT2D eigenvalue weighted by atomic mass is 16.2. The normalized spacial score (nSPS) is 23.7. The van der Waals surface area contributed by atoms with E-state index in [0.29, 0.717) is 12.8 Å². The minimum atomic E-state index is -0.670. The van der Waals surface area contributed by atoms with Gasteiger partial charge in [0.05, 0.1) is 0 Å². The summed E-state index contributed by atoms with van der Waals surface area (Å²) < 4.78 is 0. The molecule has 0 aromatic carbocycles. The van der Waals surface area contributed by atoms with E-state index in [9.17, 15) is 9.59 Å². The Bertz CT molecular complexity index is 396.